The van der Waals surface area contributed by atoms with E-state index in [0.717, 1.165) is 5.82 Å². The number of hydrogen-bond donors (Lipinski definition) is 3. The van der Waals surface area contributed by atoms with E-state index >= 15 is 0 Å². The molecule has 19 heavy (non-hydrogen) atoms. The Morgan fingerprint density at radius 2 is 2.05 bits per heavy atom. The third-order valence-electron chi connectivity index (χ3n) is 2.56. The van der Waals surface area contributed by atoms with Crippen molar-refractivity contribution in [2.45, 2.75) is 40.2 Å². The molecular weight excluding hydrogens is 244 g/mol. The third-order valence-corrected chi connectivity index (χ3v) is 2.56. The summed E-state index contributed by atoms with van der Waals surface area (Å²) in [6.07, 6.45) is 4.38. The van der Waals surface area contributed by atoms with E-state index in [1.54, 1.807) is 12.4 Å². The Morgan fingerprint density at radius 1 is 1.32 bits per heavy atom. The van der Waals surface area contributed by atoms with E-state index in [1.807, 2.05) is 20.8 Å². The molecule has 6 heteroatoms. The number of nitrogens with zero attached hydrogens (tertiary/aromatic N) is 1. The van der Waals surface area contributed by atoms with Crippen molar-refractivity contribution in [3.05, 3.63) is 18.2 Å². The first-order valence-electron chi connectivity index (χ1n) is 6.43. The third kappa shape index (κ3) is 6.03. The summed E-state index contributed by atoms with van der Waals surface area (Å²) >= 11 is 0. The molecule has 0 fully saturated rings. The second kappa shape index (κ2) is 6.92. The molecule has 0 aliphatic carbocycles. The minimum Gasteiger partial charge on any atom is -0.356 e. The van der Waals surface area contributed by atoms with Crippen molar-refractivity contribution in [2.75, 3.05) is 6.54 Å². The average Bonchev–Trinajstić information content (AvgIpc) is 2.83. The van der Waals surface area contributed by atoms with Crippen LogP contribution in [0.4, 0.5) is 0 Å². The van der Waals surface area contributed by atoms with Gasteiger partial charge in [-0.15, -0.1) is 0 Å². The summed E-state index contributed by atoms with van der Waals surface area (Å²) in [5, 5.41) is 5.57. The molecule has 0 saturated heterocycles. The first-order chi connectivity index (χ1) is 8.89. The summed E-state index contributed by atoms with van der Waals surface area (Å²) in [7, 11) is 0. The Bertz CT molecular complexity index is 407. The molecular formula is C13H22N4O2. The molecule has 0 radical (unpaired) electrons. The van der Waals surface area contributed by atoms with E-state index in [1.165, 1.54) is 0 Å². The van der Waals surface area contributed by atoms with E-state index < -0.39 is 0 Å². The lowest BCUT2D eigenvalue weighted by molar-refractivity contribution is -0.128. The number of nitrogens with one attached hydrogen (secondary N) is 3. The quantitative estimate of drug-likeness (QED) is 0.670. The van der Waals surface area contributed by atoms with Crippen LogP contribution in [0.15, 0.2) is 12.4 Å². The van der Waals surface area contributed by atoms with Crippen LogP contribution >= 0.6 is 0 Å². The number of rotatable bonds is 6. The average molecular weight is 266 g/mol. The van der Waals surface area contributed by atoms with Gasteiger partial charge in [0.05, 0.1) is 6.54 Å². The molecule has 0 bridgehead atoms. The lowest BCUT2D eigenvalue weighted by atomic mass is 9.96. The van der Waals surface area contributed by atoms with E-state index in [2.05, 4.69) is 20.6 Å². The van der Waals surface area contributed by atoms with Gasteiger partial charge < -0.3 is 15.6 Å². The zero-order chi connectivity index (χ0) is 14.3. The van der Waals surface area contributed by atoms with Gasteiger partial charge in [0, 0.05) is 30.8 Å². The Hall–Kier alpha value is -1.85. The number of amides is 2. The van der Waals surface area contributed by atoms with Crippen LogP contribution in [0, 0.1) is 5.41 Å². The minimum atomic E-state index is -0.387. The fraction of sp³-hybridized carbons (Fsp3) is 0.615. The molecule has 1 aromatic heterocycles. The minimum absolute atomic E-state index is 0.00323. The number of aromatic nitrogens is 2. The normalized spacial score (nSPS) is 11.1. The van der Waals surface area contributed by atoms with Crippen molar-refractivity contribution >= 4 is 11.8 Å². The van der Waals surface area contributed by atoms with Crippen LogP contribution in [0.1, 0.15) is 39.4 Å². The van der Waals surface area contributed by atoms with Gasteiger partial charge in [-0.3, -0.25) is 9.59 Å². The van der Waals surface area contributed by atoms with Gasteiger partial charge in [0.2, 0.25) is 11.8 Å². The molecule has 6 nitrogen and oxygen atoms in total. The van der Waals surface area contributed by atoms with Crippen molar-refractivity contribution in [3.63, 3.8) is 0 Å². The van der Waals surface area contributed by atoms with Gasteiger partial charge in [-0.1, -0.05) is 20.8 Å². The number of hydrogen-bond acceptors (Lipinski definition) is 3. The van der Waals surface area contributed by atoms with Crippen LogP contribution in [0.5, 0.6) is 0 Å². The van der Waals surface area contributed by atoms with Crippen LogP contribution in [0.25, 0.3) is 0 Å². The molecule has 0 aromatic carbocycles. The summed E-state index contributed by atoms with van der Waals surface area (Å²) in [5.74, 6) is 0.694. The lowest BCUT2D eigenvalue weighted by Crippen LogP contribution is -2.35. The second-order valence-electron chi connectivity index (χ2n) is 5.42. The molecule has 0 aliphatic heterocycles. The van der Waals surface area contributed by atoms with E-state index in [4.69, 9.17) is 0 Å². The predicted molar refractivity (Wildman–Crippen MR) is 72.1 cm³/mol. The van der Waals surface area contributed by atoms with Crippen molar-refractivity contribution in [2.24, 2.45) is 5.41 Å². The van der Waals surface area contributed by atoms with E-state index in [0.29, 0.717) is 25.9 Å². The molecule has 0 unspecified atom stereocenters. The lowest BCUT2D eigenvalue weighted by Gasteiger charge is -2.17. The predicted octanol–water partition coefficient (Wildman–Crippen LogP) is 0.968. The molecule has 3 N–H and O–H groups in total. The monoisotopic (exact) mass is 266 g/mol. The zero-order valence-corrected chi connectivity index (χ0v) is 11.7. The van der Waals surface area contributed by atoms with Gasteiger partial charge >= 0.3 is 0 Å². The van der Waals surface area contributed by atoms with Gasteiger partial charge in [-0.25, -0.2) is 4.98 Å². The summed E-state index contributed by atoms with van der Waals surface area (Å²) < 4.78 is 0. The Morgan fingerprint density at radius 3 is 2.63 bits per heavy atom. The van der Waals surface area contributed by atoms with Gasteiger partial charge in [0.1, 0.15) is 5.82 Å². The molecule has 0 spiro atoms. The zero-order valence-electron chi connectivity index (χ0n) is 11.7. The molecule has 0 aliphatic rings. The fourth-order valence-corrected chi connectivity index (χ4v) is 1.38. The summed E-state index contributed by atoms with van der Waals surface area (Å²) in [4.78, 5) is 30.0. The van der Waals surface area contributed by atoms with Crippen molar-refractivity contribution < 1.29 is 9.59 Å². The van der Waals surface area contributed by atoms with E-state index in [-0.39, 0.29) is 17.2 Å². The van der Waals surface area contributed by atoms with Crippen LogP contribution in [0.3, 0.4) is 0 Å². The van der Waals surface area contributed by atoms with Crippen molar-refractivity contribution in [1.29, 1.82) is 0 Å². The number of carbonyl (C=O) groups is 2. The number of aromatic amines is 1. The first kappa shape index (κ1) is 15.2. The highest BCUT2D eigenvalue weighted by Crippen LogP contribution is 2.12. The van der Waals surface area contributed by atoms with Gasteiger partial charge in [-0.05, 0) is 6.42 Å². The maximum atomic E-state index is 11.6. The van der Waals surface area contributed by atoms with Crippen LogP contribution in [-0.2, 0) is 16.1 Å². The summed E-state index contributed by atoms with van der Waals surface area (Å²) in [6.45, 7) is 6.50. The molecule has 1 aromatic rings. The van der Waals surface area contributed by atoms with Crippen LogP contribution in [-0.4, -0.2) is 28.3 Å². The highest BCUT2D eigenvalue weighted by Gasteiger charge is 2.20. The molecule has 0 saturated carbocycles. The smallest absolute Gasteiger partial charge is 0.225 e. The maximum Gasteiger partial charge on any atom is 0.225 e. The number of H-pyrrole nitrogens is 1. The molecule has 1 rings (SSSR count). The van der Waals surface area contributed by atoms with Crippen molar-refractivity contribution in [3.8, 4) is 0 Å². The van der Waals surface area contributed by atoms with E-state index in [9.17, 15) is 9.59 Å². The Labute approximate surface area is 113 Å². The largest absolute Gasteiger partial charge is 0.356 e. The van der Waals surface area contributed by atoms with Crippen LogP contribution < -0.4 is 10.6 Å². The van der Waals surface area contributed by atoms with Gasteiger partial charge in [-0.2, -0.15) is 0 Å². The standard InChI is InChI=1S/C13H22N4O2/c1-13(2,3)12(19)16-6-4-5-11(18)17-9-10-14-7-8-15-10/h7-8H,4-6,9H2,1-3H3,(H,14,15)(H,16,19)(H,17,18). The fourth-order valence-electron chi connectivity index (χ4n) is 1.38. The Balaban J connectivity index is 2.09. The number of carbonyl (C=O) groups excluding carboxylic acids is 2. The highest BCUT2D eigenvalue weighted by molar-refractivity contribution is 5.81. The summed E-state index contributed by atoms with van der Waals surface area (Å²) in [6, 6.07) is 0. The van der Waals surface area contributed by atoms with Gasteiger partial charge in [0.25, 0.3) is 0 Å². The molecule has 0 atom stereocenters. The summed E-state index contributed by atoms with van der Waals surface area (Å²) in [5.41, 5.74) is -0.387. The molecule has 106 valence electrons. The van der Waals surface area contributed by atoms with Crippen molar-refractivity contribution in [1.82, 2.24) is 20.6 Å². The highest BCUT2D eigenvalue weighted by atomic mass is 16.2. The first-order valence-corrected chi connectivity index (χ1v) is 6.43. The SMILES string of the molecule is CC(C)(C)C(=O)NCCCC(=O)NCc1ncc[nH]1. The molecule has 2 amide bonds. The maximum absolute atomic E-state index is 11.6. The van der Waals surface area contributed by atoms with Crippen LogP contribution in [0.2, 0.25) is 0 Å². The molecule has 1 heterocycles. The topological polar surface area (TPSA) is 86.9 Å². The number of imidazole rings is 1. The van der Waals surface area contributed by atoms with Gasteiger partial charge in [0.15, 0.2) is 0 Å². The second-order valence-corrected chi connectivity index (χ2v) is 5.42. The Kier molecular flexibility index (Phi) is 5.54.